The van der Waals surface area contributed by atoms with Crippen LogP contribution in [0.25, 0.3) is 10.6 Å². The number of halogens is 3. The average molecular weight is 658 g/mol. The fourth-order valence-corrected chi connectivity index (χ4v) is 9.00. The highest BCUT2D eigenvalue weighted by molar-refractivity contribution is 7.99. The monoisotopic (exact) mass is 657 g/mol. The van der Waals surface area contributed by atoms with Crippen molar-refractivity contribution in [2.24, 2.45) is 5.41 Å². The Balaban J connectivity index is 1.10. The number of nitrogens with zero attached hydrogens (tertiary/aromatic N) is 4. The van der Waals surface area contributed by atoms with E-state index in [1.165, 1.54) is 28.5 Å². The van der Waals surface area contributed by atoms with Crippen LogP contribution in [0.1, 0.15) is 57.6 Å². The van der Waals surface area contributed by atoms with Gasteiger partial charge >= 0.3 is 6.18 Å². The Morgan fingerprint density at radius 2 is 1.93 bits per heavy atom. The lowest BCUT2D eigenvalue weighted by molar-refractivity contribution is -0.137. The zero-order valence-corrected chi connectivity index (χ0v) is 26.5. The summed E-state index contributed by atoms with van der Waals surface area (Å²) < 4.78 is 53.5. The molecule has 4 aliphatic heterocycles. The Morgan fingerprint density at radius 1 is 1.11 bits per heavy atom. The summed E-state index contributed by atoms with van der Waals surface area (Å²) in [5, 5.41) is 3.31. The van der Waals surface area contributed by atoms with Crippen LogP contribution in [0, 0.1) is 5.41 Å². The first-order valence-electron chi connectivity index (χ1n) is 15.5. The molecule has 1 aromatic carbocycles. The van der Waals surface area contributed by atoms with Crippen molar-refractivity contribution in [3.8, 4) is 10.6 Å². The normalized spacial score (nSPS) is 21.9. The van der Waals surface area contributed by atoms with E-state index in [1.54, 1.807) is 11.0 Å². The van der Waals surface area contributed by atoms with Gasteiger partial charge in [-0.15, -0.1) is 23.1 Å². The number of thiophene rings is 1. The summed E-state index contributed by atoms with van der Waals surface area (Å²) in [6.45, 7) is 8.29. The van der Waals surface area contributed by atoms with E-state index in [2.05, 4.69) is 39.2 Å². The second-order valence-electron chi connectivity index (χ2n) is 13.2. The summed E-state index contributed by atoms with van der Waals surface area (Å²) in [6, 6.07) is 6.12. The Hall–Kier alpha value is -2.71. The number of aromatic nitrogens is 2. The second kappa shape index (κ2) is 11.2. The number of carbonyl (C=O) groups excluding carboxylic acids is 1. The number of anilines is 2. The molecule has 13 heteroatoms. The fourth-order valence-electron chi connectivity index (χ4n) is 6.69. The summed E-state index contributed by atoms with van der Waals surface area (Å²) in [4.78, 5) is 27.8. The smallest absolute Gasteiger partial charge is 0.380 e. The third kappa shape index (κ3) is 5.75. The van der Waals surface area contributed by atoms with Gasteiger partial charge in [-0.3, -0.25) is 9.69 Å². The summed E-state index contributed by atoms with van der Waals surface area (Å²) in [5.74, 6) is 1.05. The zero-order valence-electron chi connectivity index (χ0n) is 24.9. The number of rotatable bonds is 7. The van der Waals surface area contributed by atoms with Gasteiger partial charge in [0.1, 0.15) is 10.4 Å². The first kappa shape index (κ1) is 29.7. The largest absolute Gasteiger partial charge is 0.420 e. The summed E-state index contributed by atoms with van der Waals surface area (Å²) in [7, 11) is 0. The number of thioether (sulfide) groups is 1. The number of carbonyl (C=O) groups is 1. The Labute approximate surface area is 267 Å². The fraction of sp³-hybridized carbons (Fsp3) is 0.531. The molecule has 1 N–H and O–H groups in total. The lowest BCUT2D eigenvalue weighted by Crippen LogP contribution is -2.52. The minimum atomic E-state index is -4.65. The Bertz CT molecular complexity index is 1650. The molecule has 3 aromatic rings. The van der Waals surface area contributed by atoms with E-state index in [0.717, 1.165) is 75.3 Å². The first-order chi connectivity index (χ1) is 21.6. The topological polar surface area (TPSA) is 79.8 Å². The van der Waals surface area contributed by atoms with Gasteiger partial charge in [0.2, 0.25) is 5.95 Å². The van der Waals surface area contributed by atoms with Crippen LogP contribution >= 0.6 is 23.1 Å². The van der Waals surface area contributed by atoms with E-state index in [0.29, 0.717) is 46.1 Å². The predicted molar refractivity (Wildman–Crippen MR) is 166 cm³/mol. The number of hydrogen-bond acceptors (Lipinski definition) is 9. The van der Waals surface area contributed by atoms with Crippen LogP contribution in [0.5, 0.6) is 0 Å². The van der Waals surface area contributed by atoms with Gasteiger partial charge in [-0.1, -0.05) is 13.0 Å². The summed E-state index contributed by atoms with van der Waals surface area (Å²) in [5.41, 5.74) is 3.69. The number of benzene rings is 1. The standard InChI is InChI=1S/C32H34F3N5O3S2/c1-31(16-43-17-31)15-39-5-4-19-9-24(22(18-2-3-18)8-20(19)12-39)37-30-36-11-23(32(33,34)35)27(38-30)25-10-26-28(45-25)29(41)40(6-7-44-26)21-13-42-14-21/h8-11,18,21H,2-7,12-17H2,1H3,(H,36,37,38). The first-order valence-corrected chi connectivity index (χ1v) is 17.3. The molecule has 0 atom stereocenters. The van der Waals surface area contributed by atoms with E-state index in [4.69, 9.17) is 9.47 Å². The minimum Gasteiger partial charge on any atom is -0.380 e. The number of hydrogen-bond donors (Lipinski definition) is 1. The second-order valence-corrected chi connectivity index (χ2v) is 15.4. The highest BCUT2D eigenvalue weighted by Crippen LogP contribution is 2.47. The van der Waals surface area contributed by atoms with Crippen LogP contribution in [0.15, 0.2) is 29.3 Å². The van der Waals surface area contributed by atoms with Crippen molar-refractivity contribution in [3.05, 3.63) is 51.5 Å². The molecular weight excluding hydrogens is 624 g/mol. The van der Waals surface area contributed by atoms with E-state index < -0.39 is 11.7 Å². The van der Waals surface area contributed by atoms with E-state index in [-0.39, 0.29) is 29.0 Å². The van der Waals surface area contributed by atoms with Gasteiger partial charge in [-0.05, 0) is 54.0 Å². The van der Waals surface area contributed by atoms with E-state index in [1.807, 2.05) is 0 Å². The maximum Gasteiger partial charge on any atom is 0.420 e. The Kier molecular flexibility index (Phi) is 7.40. The molecule has 6 heterocycles. The van der Waals surface area contributed by atoms with Crippen molar-refractivity contribution in [1.29, 1.82) is 0 Å². The highest BCUT2D eigenvalue weighted by atomic mass is 32.2. The molecule has 1 aliphatic carbocycles. The molecule has 3 fully saturated rings. The molecule has 1 amide bonds. The number of alkyl halides is 3. The van der Waals surface area contributed by atoms with Gasteiger partial charge < -0.3 is 19.7 Å². The van der Waals surface area contributed by atoms with Crippen LogP contribution in [0.4, 0.5) is 24.8 Å². The van der Waals surface area contributed by atoms with E-state index >= 15 is 0 Å². The molecule has 0 bridgehead atoms. The van der Waals surface area contributed by atoms with Crippen LogP contribution < -0.4 is 5.32 Å². The SMILES string of the molecule is CC1(CN2CCc3cc(Nc4ncc(C(F)(F)F)c(-c5cc6c(s5)C(=O)N(C5COC5)CCS6)n4)c(C4CC4)cc3C2)COC1. The third-order valence-electron chi connectivity index (χ3n) is 9.36. The van der Waals surface area contributed by atoms with Crippen LogP contribution in [0.2, 0.25) is 0 Å². The molecule has 8 rings (SSSR count). The average Bonchev–Trinajstić information content (AvgIpc) is 3.74. The lowest BCUT2D eigenvalue weighted by Gasteiger charge is -2.43. The molecule has 0 unspecified atom stereocenters. The number of ether oxygens (including phenoxy) is 2. The van der Waals surface area contributed by atoms with Crippen LogP contribution in [-0.2, 0) is 28.6 Å². The quantitative estimate of drug-likeness (QED) is 0.323. The van der Waals surface area contributed by atoms with Crippen molar-refractivity contribution in [2.75, 3.05) is 57.1 Å². The molecule has 0 spiro atoms. The maximum atomic E-state index is 14.3. The molecule has 1 saturated carbocycles. The third-order valence-corrected chi connectivity index (χ3v) is 11.6. The summed E-state index contributed by atoms with van der Waals surface area (Å²) in [6.07, 6.45) is -0.715. The van der Waals surface area contributed by atoms with Crippen molar-refractivity contribution < 1.29 is 27.4 Å². The van der Waals surface area contributed by atoms with Gasteiger partial charge in [0, 0.05) is 54.1 Å². The van der Waals surface area contributed by atoms with E-state index in [9.17, 15) is 18.0 Å². The van der Waals surface area contributed by atoms with Gasteiger partial charge in [0.25, 0.3) is 5.91 Å². The molecule has 8 nitrogen and oxygen atoms in total. The van der Waals surface area contributed by atoms with Gasteiger partial charge in [0.05, 0.1) is 43.0 Å². The van der Waals surface area contributed by atoms with Gasteiger partial charge in [-0.2, -0.15) is 13.2 Å². The lowest BCUT2D eigenvalue weighted by atomic mass is 9.86. The van der Waals surface area contributed by atoms with Crippen molar-refractivity contribution in [2.45, 2.75) is 55.8 Å². The molecule has 238 valence electrons. The minimum absolute atomic E-state index is 0.0103. The van der Waals surface area contributed by atoms with Crippen molar-refractivity contribution in [3.63, 3.8) is 0 Å². The van der Waals surface area contributed by atoms with Crippen LogP contribution in [-0.4, -0.2) is 83.5 Å². The zero-order chi connectivity index (χ0) is 30.9. The van der Waals surface area contributed by atoms with Crippen molar-refractivity contribution in [1.82, 2.24) is 19.8 Å². The molecule has 0 radical (unpaired) electrons. The molecule has 2 aromatic heterocycles. The molecule has 5 aliphatic rings. The van der Waals surface area contributed by atoms with Crippen molar-refractivity contribution >= 4 is 40.6 Å². The summed E-state index contributed by atoms with van der Waals surface area (Å²) >= 11 is 2.57. The number of nitrogens with one attached hydrogen (secondary N) is 1. The van der Waals surface area contributed by atoms with Gasteiger partial charge in [0.15, 0.2) is 0 Å². The molecule has 2 saturated heterocycles. The number of amides is 1. The van der Waals surface area contributed by atoms with Gasteiger partial charge in [-0.25, -0.2) is 9.97 Å². The maximum absolute atomic E-state index is 14.3. The Morgan fingerprint density at radius 3 is 2.62 bits per heavy atom. The highest BCUT2D eigenvalue weighted by Gasteiger charge is 2.39. The number of fused-ring (bicyclic) bond motifs is 2. The molecule has 45 heavy (non-hydrogen) atoms. The van der Waals surface area contributed by atoms with Crippen LogP contribution in [0.3, 0.4) is 0 Å². The molecular formula is C32H34F3N5O3S2. The predicted octanol–water partition coefficient (Wildman–Crippen LogP) is 6.19.